The van der Waals surface area contributed by atoms with Crippen LogP contribution in [-0.2, 0) is 6.61 Å². The van der Waals surface area contributed by atoms with E-state index in [0.29, 0.717) is 5.75 Å². The zero-order valence-corrected chi connectivity index (χ0v) is 12.3. The molecule has 0 aliphatic heterocycles. The molecule has 0 radical (unpaired) electrons. The van der Waals surface area contributed by atoms with Crippen molar-refractivity contribution in [2.75, 3.05) is 7.11 Å². The Balaban J connectivity index is 2.24. The quantitative estimate of drug-likeness (QED) is 0.912. The van der Waals surface area contributed by atoms with Gasteiger partial charge in [0.05, 0.1) is 7.11 Å². The van der Waals surface area contributed by atoms with Gasteiger partial charge < -0.3 is 14.6 Å². The molecule has 0 bridgehead atoms. The van der Waals surface area contributed by atoms with E-state index in [2.05, 4.69) is 0 Å². The van der Waals surface area contributed by atoms with Crippen LogP contribution in [0.2, 0.25) is 0 Å². The maximum Gasteiger partial charge on any atom is 0.339 e. The van der Waals surface area contributed by atoms with Gasteiger partial charge in [-0.15, -0.1) is 0 Å². The minimum atomic E-state index is -0.995. The number of carboxylic acids is 1. The Morgan fingerprint density at radius 2 is 1.67 bits per heavy atom. The van der Waals surface area contributed by atoms with Crippen molar-refractivity contribution in [2.45, 2.75) is 20.5 Å². The van der Waals surface area contributed by atoms with Crippen LogP contribution in [-0.4, -0.2) is 18.2 Å². The lowest BCUT2D eigenvalue weighted by Gasteiger charge is -2.13. The van der Waals surface area contributed by atoms with E-state index >= 15 is 0 Å². The van der Waals surface area contributed by atoms with Gasteiger partial charge in [-0.05, 0) is 38.1 Å². The lowest BCUT2D eigenvalue weighted by atomic mass is 10.1. The van der Waals surface area contributed by atoms with Crippen LogP contribution in [0.4, 0.5) is 0 Å². The minimum absolute atomic E-state index is 0.168. The molecule has 2 aromatic rings. The number of ether oxygens (including phenoxy) is 2. The standard InChI is InChI=1S/C17H18O4/c1-11-4-6-15(20-3)13(8-11)10-21-16-7-5-12(2)9-14(16)17(18)19/h4-9H,10H2,1-3H3,(H,18,19). The molecule has 0 aliphatic rings. The van der Waals surface area contributed by atoms with Gasteiger partial charge in [0.2, 0.25) is 0 Å². The van der Waals surface area contributed by atoms with Crippen LogP contribution in [0.1, 0.15) is 27.0 Å². The summed E-state index contributed by atoms with van der Waals surface area (Å²) in [6.45, 7) is 4.09. The summed E-state index contributed by atoms with van der Waals surface area (Å²) in [5.74, 6) is 0.0890. The van der Waals surface area contributed by atoms with Crippen LogP contribution >= 0.6 is 0 Å². The molecule has 0 spiro atoms. The van der Waals surface area contributed by atoms with Gasteiger partial charge >= 0.3 is 5.97 Å². The largest absolute Gasteiger partial charge is 0.496 e. The third kappa shape index (κ3) is 3.54. The molecule has 4 nitrogen and oxygen atoms in total. The number of benzene rings is 2. The third-order valence-electron chi connectivity index (χ3n) is 3.18. The Labute approximate surface area is 123 Å². The predicted octanol–water partition coefficient (Wildman–Crippen LogP) is 3.59. The summed E-state index contributed by atoms with van der Waals surface area (Å²) < 4.78 is 11.0. The molecule has 0 heterocycles. The monoisotopic (exact) mass is 286 g/mol. The van der Waals surface area contributed by atoms with Gasteiger partial charge in [-0.1, -0.05) is 23.3 Å². The molecule has 0 saturated heterocycles. The van der Waals surface area contributed by atoms with E-state index < -0.39 is 5.97 Å². The fourth-order valence-electron chi connectivity index (χ4n) is 2.11. The Morgan fingerprint density at radius 1 is 1.05 bits per heavy atom. The van der Waals surface area contributed by atoms with Crippen LogP contribution in [0.3, 0.4) is 0 Å². The average Bonchev–Trinajstić information content (AvgIpc) is 2.46. The number of aromatic carboxylic acids is 1. The van der Waals surface area contributed by atoms with Crippen molar-refractivity contribution >= 4 is 5.97 Å². The zero-order chi connectivity index (χ0) is 15.4. The van der Waals surface area contributed by atoms with E-state index in [0.717, 1.165) is 22.4 Å². The number of aryl methyl sites for hydroxylation is 2. The molecule has 4 heteroatoms. The predicted molar refractivity (Wildman–Crippen MR) is 80.2 cm³/mol. The Hall–Kier alpha value is -2.49. The summed E-state index contributed by atoms with van der Waals surface area (Å²) in [6.07, 6.45) is 0. The van der Waals surface area contributed by atoms with E-state index in [4.69, 9.17) is 9.47 Å². The summed E-state index contributed by atoms with van der Waals surface area (Å²) in [5, 5.41) is 9.23. The molecule has 0 fully saturated rings. The number of carboxylic acid groups (broad SMARTS) is 1. The van der Waals surface area contributed by atoms with Crippen LogP contribution in [0.5, 0.6) is 11.5 Å². The van der Waals surface area contributed by atoms with E-state index in [1.165, 1.54) is 0 Å². The van der Waals surface area contributed by atoms with Crippen LogP contribution < -0.4 is 9.47 Å². The molecule has 0 amide bonds. The van der Waals surface area contributed by atoms with Gasteiger partial charge in [-0.25, -0.2) is 4.79 Å². The molecular formula is C17H18O4. The number of hydrogen-bond acceptors (Lipinski definition) is 3. The van der Waals surface area contributed by atoms with Crippen molar-refractivity contribution in [3.05, 3.63) is 58.7 Å². The number of hydrogen-bond donors (Lipinski definition) is 1. The van der Waals surface area contributed by atoms with Gasteiger partial charge in [-0.3, -0.25) is 0 Å². The zero-order valence-electron chi connectivity index (χ0n) is 12.3. The molecule has 0 saturated carbocycles. The number of methoxy groups -OCH3 is 1. The van der Waals surface area contributed by atoms with E-state index in [1.807, 2.05) is 38.1 Å². The highest BCUT2D eigenvalue weighted by molar-refractivity contribution is 5.91. The smallest absolute Gasteiger partial charge is 0.339 e. The second kappa shape index (κ2) is 6.31. The van der Waals surface area contributed by atoms with Crippen molar-refractivity contribution in [3.63, 3.8) is 0 Å². The second-order valence-electron chi connectivity index (χ2n) is 4.91. The van der Waals surface area contributed by atoms with Crippen LogP contribution in [0, 0.1) is 13.8 Å². The van der Waals surface area contributed by atoms with Crippen LogP contribution in [0.15, 0.2) is 36.4 Å². The number of carbonyl (C=O) groups is 1. The van der Waals surface area contributed by atoms with Crippen molar-refractivity contribution in [1.29, 1.82) is 0 Å². The molecular weight excluding hydrogens is 268 g/mol. The lowest BCUT2D eigenvalue weighted by Crippen LogP contribution is -2.05. The fourth-order valence-corrected chi connectivity index (χ4v) is 2.11. The first-order valence-electron chi connectivity index (χ1n) is 6.61. The Kier molecular flexibility index (Phi) is 4.48. The van der Waals surface area contributed by atoms with Crippen molar-refractivity contribution in [1.82, 2.24) is 0 Å². The highest BCUT2D eigenvalue weighted by Crippen LogP contribution is 2.25. The Morgan fingerprint density at radius 3 is 2.29 bits per heavy atom. The second-order valence-corrected chi connectivity index (χ2v) is 4.91. The SMILES string of the molecule is COc1ccc(C)cc1COc1ccc(C)cc1C(=O)O. The van der Waals surface area contributed by atoms with Gasteiger partial charge in [0.25, 0.3) is 0 Å². The molecule has 0 aromatic heterocycles. The fraction of sp³-hybridized carbons (Fsp3) is 0.235. The summed E-state index contributed by atoms with van der Waals surface area (Å²) in [5.41, 5.74) is 3.03. The van der Waals surface area contributed by atoms with Gasteiger partial charge in [-0.2, -0.15) is 0 Å². The van der Waals surface area contributed by atoms with E-state index in [-0.39, 0.29) is 12.2 Å². The minimum Gasteiger partial charge on any atom is -0.496 e. The maximum atomic E-state index is 11.3. The molecule has 2 aromatic carbocycles. The topological polar surface area (TPSA) is 55.8 Å². The number of rotatable bonds is 5. The van der Waals surface area contributed by atoms with E-state index in [1.54, 1.807) is 19.2 Å². The first-order valence-corrected chi connectivity index (χ1v) is 6.61. The van der Waals surface area contributed by atoms with Crippen LogP contribution in [0.25, 0.3) is 0 Å². The molecule has 2 rings (SSSR count). The molecule has 0 unspecified atom stereocenters. The van der Waals surface area contributed by atoms with Gasteiger partial charge in [0.1, 0.15) is 23.7 Å². The molecule has 110 valence electrons. The highest BCUT2D eigenvalue weighted by atomic mass is 16.5. The molecule has 1 N–H and O–H groups in total. The molecule has 21 heavy (non-hydrogen) atoms. The summed E-state index contributed by atoms with van der Waals surface area (Å²) in [6, 6.07) is 10.9. The van der Waals surface area contributed by atoms with Gasteiger partial charge in [0.15, 0.2) is 0 Å². The first-order chi connectivity index (χ1) is 10.0. The first kappa shape index (κ1) is 14.9. The molecule has 0 atom stereocenters. The molecule has 0 aliphatic carbocycles. The van der Waals surface area contributed by atoms with Gasteiger partial charge in [0, 0.05) is 5.56 Å². The van der Waals surface area contributed by atoms with Crippen molar-refractivity contribution in [3.8, 4) is 11.5 Å². The summed E-state index contributed by atoms with van der Waals surface area (Å²) >= 11 is 0. The highest BCUT2D eigenvalue weighted by Gasteiger charge is 2.12. The summed E-state index contributed by atoms with van der Waals surface area (Å²) in [7, 11) is 1.60. The van der Waals surface area contributed by atoms with Crippen molar-refractivity contribution in [2.24, 2.45) is 0 Å². The normalized spacial score (nSPS) is 10.2. The lowest BCUT2D eigenvalue weighted by molar-refractivity contribution is 0.0691. The van der Waals surface area contributed by atoms with Crippen molar-refractivity contribution < 1.29 is 19.4 Å². The summed E-state index contributed by atoms with van der Waals surface area (Å²) in [4.78, 5) is 11.3. The Bertz CT molecular complexity index is 662. The average molecular weight is 286 g/mol. The third-order valence-corrected chi connectivity index (χ3v) is 3.18. The van der Waals surface area contributed by atoms with E-state index in [9.17, 15) is 9.90 Å². The maximum absolute atomic E-state index is 11.3.